The summed E-state index contributed by atoms with van der Waals surface area (Å²) in [7, 11) is 0. The van der Waals surface area contributed by atoms with Gasteiger partial charge in [0.1, 0.15) is 17.3 Å². The second-order valence-corrected chi connectivity index (χ2v) is 8.61. The van der Waals surface area contributed by atoms with Gasteiger partial charge in [0, 0.05) is 35.9 Å². The van der Waals surface area contributed by atoms with Crippen molar-refractivity contribution in [2.24, 2.45) is 10.9 Å². The molecule has 0 bridgehead atoms. The lowest BCUT2D eigenvalue weighted by atomic mass is 9.97. The lowest BCUT2D eigenvalue weighted by Gasteiger charge is -2.14. The van der Waals surface area contributed by atoms with E-state index in [0.717, 1.165) is 34.2 Å². The summed E-state index contributed by atoms with van der Waals surface area (Å²) < 4.78 is 27.6. The average molecular weight is 471 g/mol. The molecule has 6 rings (SSSR count). The third-order valence-corrected chi connectivity index (χ3v) is 6.70. The Morgan fingerprint density at radius 3 is 2.20 bits per heavy atom. The van der Waals surface area contributed by atoms with Gasteiger partial charge in [-0.1, -0.05) is 29.4 Å². The minimum Gasteiger partial charge on any atom is -0.410 e. The highest BCUT2D eigenvalue weighted by atomic mass is 19.1. The first-order valence-corrected chi connectivity index (χ1v) is 11.5. The summed E-state index contributed by atoms with van der Waals surface area (Å²) in [6, 6.07) is 13.5. The SMILES string of the molecule is NC1c2cnccc2CCc2c(F)cccc21.ON=C1c2cnccc2CCc2c(F)cccc21. The molecule has 3 N–H and O–H groups in total. The van der Waals surface area contributed by atoms with Crippen molar-refractivity contribution in [3.63, 3.8) is 0 Å². The second kappa shape index (κ2) is 9.72. The van der Waals surface area contributed by atoms with E-state index in [4.69, 9.17) is 5.73 Å². The molecule has 0 amide bonds. The largest absolute Gasteiger partial charge is 0.410 e. The van der Waals surface area contributed by atoms with E-state index in [1.165, 1.54) is 17.7 Å². The Balaban J connectivity index is 0.000000145. The molecule has 0 aliphatic heterocycles. The van der Waals surface area contributed by atoms with E-state index in [1.54, 1.807) is 43.0 Å². The molecular weight excluding hydrogens is 446 g/mol. The van der Waals surface area contributed by atoms with Crippen LogP contribution in [-0.2, 0) is 25.7 Å². The zero-order valence-electron chi connectivity index (χ0n) is 19.0. The molecule has 0 radical (unpaired) electrons. The molecule has 1 unspecified atom stereocenters. The van der Waals surface area contributed by atoms with Crippen molar-refractivity contribution in [1.29, 1.82) is 0 Å². The van der Waals surface area contributed by atoms with Crippen LogP contribution in [0.4, 0.5) is 8.78 Å². The zero-order chi connectivity index (χ0) is 24.4. The van der Waals surface area contributed by atoms with E-state index in [1.807, 2.05) is 18.2 Å². The molecule has 0 spiro atoms. The van der Waals surface area contributed by atoms with Crippen molar-refractivity contribution in [3.05, 3.63) is 129 Å². The van der Waals surface area contributed by atoms with Gasteiger partial charge in [0.15, 0.2) is 0 Å². The fourth-order valence-corrected chi connectivity index (χ4v) is 4.90. The third kappa shape index (κ3) is 4.31. The highest BCUT2D eigenvalue weighted by molar-refractivity contribution is 6.14. The molecule has 7 heteroatoms. The summed E-state index contributed by atoms with van der Waals surface area (Å²) >= 11 is 0. The summed E-state index contributed by atoms with van der Waals surface area (Å²) in [5.74, 6) is -0.409. The van der Waals surface area contributed by atoms with Crippen molar-refractivity contribution in [1.82, 2.24) is 9.97 Å². The second-order valence-electron chi connectivity index (χ2n) is 8.61. The standard InChI is InChI=1S/C14H11FN2O.C14H13FN2/c15-13-3-1-2-11-10(13)5-4-9-6-7-16-8-12(9)14(11)17-18;15-13-3-1-2-11-10(13)5-4-9-6-7-17-8-12(9)14(11)16/h1-3,6-8,18H,4-5H2;1-3,6-8,14H,4-5,16H2. The summed E-state index contributed by atoms with van der Waals surface area (Å²) in [6.07, 6.45) is 9.73. The number of hydrogen-bond donors (Lipinski definition) is 2. The highest BCUT2D eigenvalue weighted by Gasteiger charge is 2.23. The van der Waals surface area contributed by atoms with Crippen LogP contribution in [-0.4, -0.2) is 20.9 Å². The van der Waals surface area contributed by atoms with Crippen LogP contribution in [0.25, 0.3) is 0 Å². The number of fused-ring (bicyclic) bond motifs is 4. The van der Waals surface area contributed by atoms with E-state index in [0.29, 0.717) is 36.1 Å². The van der Waals surface area contributed by atoms with Crippen molar-refractivity contribution in [2.75, 3.05) is 0 Å². The molecule has 2 aliphatic rings. The van der Waals surface area contributed by atoms with Gasteiger partial charge in [-0.2, -0.15) is 0 Å². The van der Waals surface area contributed by atoms with Crippen molar-refractivity contribution < 1.29 is 14.0 Å². The molecular formula is C28H24F2N4O. The Bertz CT molecular complexity index is 1420. The number of nitrogens with zero attached hydrogens (tertiary/aromatic N) is 3. The number of benzene rings is 2. The Hall–Kier alpha value is -3.97. The fourth-order valence-electron chi connectivity index (χ4n) is 4.90. The Morgan fingerprint density at radius 1 is 0.743 bits per heavy atom. The number of rotatable bonds is 0. The lowest BCUT2D eigenvalue weighted by Crippen LogP contribution is -2.14. The Morgan fingerprint density at radius 2 is 1.40 bits per heavy atom. The van der Waals surface area contributed by atoms with Crippen LogP contribution in [0, 0.1) is 11.6 Å². The van der Waals surface area contributed by atoms with Crippen LogP contribution >= 0.6 is 0 Å². The van der Waals surface area contributed by atoms with E-state index >= 15 is 0 Å². The van der Waals surface area contributed by atoms with E-state index in [9.17, 15) is 14.0 Å². The number of oxime groups is 1. The van der Waals surface area contributed by atoms with E-state index < -0.39 is 0 Å². The van der Waals surface area contributed by atoms with Crippen molar-refractivity contribution in [3.8, 4) is 0 Å². The normalized spacial score (nSPS) is 17.0. The molecule has 0 saturated heterocycles. The summed E-state index contributed by atoms with van der Waals surface area (Å²) in [4.78, 5) is 8.16. The van der Waals surface area contributed by atoms with Gasteiger partial charge in [0.25, 0.3) is 0 Å². The van der Waals surface area contributed by atoms with Crippen LogP contribution in [0.2, 0.25) is 0 Å². The molecule has 1 atom stereocenters. The third-order valence-electron chi connectivity index (χ3n) is 6.70. The van der Waals surface area contributed by atoms with E-state index in [-0.39, 0.29) is 17.7 Å². The maximum absolute atomic E-state index is 13.8. The zero-order valence-corrected chi connectivity index (χ0v) is 19.0. The monoisotopic (exact) mass is 470 g/mol. The molecule has 2 heterocycles. The minimum atomic E-state index is -0.271. The molecule has 2 aromatic heterocycles. The van der Waals surface area contributed by atoms with Gasteiger partial charge >= 0.3 is 0 Å². The van der Waals surface area contributed by atoms with Crippen LogP contribution in [0.3, 0.4) is 0 Å². The Kier molecular flexibility index (Phi) is 6.33. The molecule has 5 nitrogen and oxygen atoms in total. The van der Waals surface area contributed by atoms with Crippen LogP contribution in [0.15, 0.2) is 78.5 Å². The Labute approximate surface area is 202 Å². The molecule has 0 saturated carbocycles. The van der Waals surface area contributed by atoms with Crippen molar-refractivity contribution >= 4 is 5.71 Å². The molecule has 2 aliphatic carbocycles. The van der Waals surface area contributed by atoms with Gasteiger partial charge in [0.05, 0.1) is 6.04 Å². The van der Waals surface area contributed by atoms with Gasteiger partial charge in [-0.15, -0.1) is 0 Å². The number of aromatic nitrogens is 2. The first kappa shape index (κ1) is 22.8. The minimum absolute atomic E-state index is 0.154. The predicted molar refractivity (Wildman–Crippen MR) is 130 cm³/mol. The molecule has 35 heavy (non-hydrogen) atoms. The number of halogens is 2. The van der Waals surface area contributed by atoms with Gasteiger partial charge in [-0.3, -0.25) is 9.97 Å². The molecule has 176 valence electrons. The molecule has 4 aromatic rings. The number of hydrogen-bond acceptors (Lipinski definition) is 5. The number of nitrogens with two attached hydrogens (primary N) is 1. The van der Waals surface area contributed by atoms with Gasteiger partial charge in [-0.25, -0.2) is 8.78 Å². The van der Waals surface area contributed by atoms with E-state index in [2.05, 4.69) is 15.1 Å². The summed E-state index contributed by atoms with van der Waals surface area (Å²) in [6.45, 7) is 0. The quantitative estimate of drug-likeness (QED) is 0.282. The maximum atomic E-state index is 13.8. The van der Waals surface area contributed by atoms with Gasteiger partial charge in [-0.05, 0) is 83.3 Å². The summed E-state index contributed by atoms with van der Waals surface area (Å²) in [5, 5.41) is 12.6. The van der Waals surface area contributed by atoms with Gasteiger partial charge < -0.3 is 10.9 Å². The van der Waals surface area contributed by atoms with Crippen LogP contribution in [0.1, 0.15) is 50.5 Å². The van der Waals surface area contributed by atoms with Crippen LogP contribution in [0.5, 0.6) is 0 Å². The average Bonchev–Trinajstić information content (AvgIpc) is 3.14. The fraction of sp³-hybridized carbons (Fsp3) is 0.179. The first-order valence-electron chi connectivity index (χ1n) is 11.5. The molecule has 2 aromatic carbocycles. The number of aryl methyl sites for hydroxylation is 2. The van der Waals surface area contributed by atoms with Crippen LogP contribution < -0.4 is 5.73 Å². The van der Waals surface area contributed by atoms with Gasteiger partial charge in [0.2, 0.25) is 0 Å². The topological polar surface area (TPSA) is 84.4 Å². The smallest absolute Gasteiger partial charge is 0.127 e. The maximum Gasteiger partial charge on any atom is 0.127 e. The highest BCUT2D eigenvalue weighted by Crippen LogP contribution is 2.31. The predicted octanol–water partition coefficient (Wildman–Crippen LogP) is 4.91. The van der Waals surface area contributed by atoms with Crippen molar-refractivity contribution in [2.45, 2.75) is 31.7 Å². The number of pyridine rings is 2. The molecule has 0 fully saturated rings. The first-order chi connectivity index (χ1) is 17.1. The summed E-state index contributed by atoms with van der Waals surface area (Å²) in [5.41, 5.74) is 13.5. The lowest BCUT2D eigenvalue weighted by molar-refractivity contribution is 0.319.